The largest absolute Gasteiger partial charge is 0.396 e. The van der Waals surface area contributed by atoms with E-state index >= 15 is 0 Å². The van der Waals surface area contributed by atoms with Crippen molar-refractivity contribution in [2.45, 2.75) is 4.21 Å². The van der Waals surface area contributed by atoms with Crippen molar-refractivity contribution >= 4 is 49.5 Å². The molecule has 4 aromatic rings. The number of anilines is 2. The minimum atomic E-state index is -4.08. The minimum absolute atomic E-state index is 0.0501. The Balaban J connectivity index is 1.52. The number of hydrogen-bond donors (Lipinski definition) is 3. The smallest absolute Gasteiger partial charge is 0.333 e. The number of nitrogens with zero attached hydrogens (tertiary/aromatic N) is 1. The monoisotopic (exact) mass is 482 g/mol. The summed E-state index contributed by atoms with van der Waals surface area (Å²) < 4.78 is 41.5. The molecular weight excluding hydrogens is 467 g/mol. The summed E-state index contributed by atoms with van der Waals surface area (Å²) in [6.07, 6.45) is 6.76. The van der Waals surface area contributed by atoms with Gasteiger partial charge in [0.15, 0.2) is 0 Å². The Labute approximate surface area is 191 Å². The van der Waals surface area contributed by atoms with Crippen LogP contribution in [0.4, 0.5) is 20.6 Å². The van der Waals surface area contributed by atoms with E-state index in [1.54, 1.807) is 18.2 Å². The van der Waals surface area contributed by atoms with Crippen molar-refractivity contribution in [1.82, 2.24) is 9.29 Å². The van der Waals surface area contributed by atoms with Crippen LogP contribution in [0.1, 0.15) is 4.88 Å². The highest BCUT2D eigenvalue weighted by atomic mass is 32.2. The van der Waals surface area contributed by atoms with Gasteiger partial charge in [-0.1, -0.05) is 5.92 Å². The van der Waals surface area contributed by atoms with Crippen molar-refractivity contribution < 1.29 is 17.6 Å². The normalized spacial score (nSPS) is 11.2. The molecule has 166 valence electrons. The molecule has 0 aliphatic heterocycles. The second kappa shape index (κ2) is 8.42. The molecule has 0 atom stereocenters. The van der Waals surface area contributed by atoms with Crippen LogP contribution in [-0.4, -0.2) is 19.0 Å². The van der Waals surface area contributed by atoms with Gasteiger partial charge < -0.3 is 11.1 Å². The zero-order valence-corrected chi connectivity index (χ0v) is 18.3. The molecule has 2 heterocycles. The van der Waals surface area contributed by atoms with E-state index in [9.17, 15) is 22.4 Å². The number of urea groups is 1. The van der Waals surface area contributed by atoms with Gasteiger partial charge in [-0.25, -0.2) is 22.3 Å². The summed E-state index contributed by atoms with van der Waals surface area (Å²) >= 11 is 0.862. The van der Waals surface area contributed by atoms with Crippen LogP contribution in [0.25, 0.3) is 16.5 Å². The number of amides is 2. The molecule has 2 amide bonds. The van der Waals surface area contributed by atoms with Gasteiger partial charge in [-0.3, -0.25) is 9.36 Å². The molecule has 0 spiro atoms. The fourth-order valence-corrected chi connectivity index (χ4v) is 5.09. The Hall–Kier alpha value is -4.14. The van der Waals surface area contributed by atoms with Crippen LogP contribution in [-0.2, 0) is 10.0 Å². The summed E-state index contributed by atoms with van der Waals surface area (Å²) in [5.74, 6) is 1.64. The maximum Gasteiger partial charge on any atom is 0.333 e. The summed E-state index contributed by atoms with van der Waals surface area (Å²) in [6.45, 7) is 0. The highest BCUT2D eigenvalue weighted by molar-refractivity contribution is 7.92. The van der Waals surface area contributed by atoms with Gasteiger partial charge in [-0.05, 0) is 60.0 Å². The van der Waals surface area contributed by atoms with E-state index in [2.05, 4.69) is 11.2 Å². The number of nitrogen functional groups attached to an aromatic ring is 1. The van der Waals surface area contributed by atoms with E-state index in [1.165, 1.54) is 41.1 Å². The van der Waals surface area contributed by atoms with Gasteiger partial charge >= 0.3 is 6.03 Å². The SMILES string of the molecule is C#Cc1ccc(S(=O)(=O)NC(=O)Nc2ccc(-n3ccc4cc(N)c(F)cc4c3=O)cc2)s1. The number of carbonyl (C=O) groups is 1. The number of nitrogens with one attached hydrogen (secondary N) is 2. The third-order valence-electron chi connectivity index (χ3n) is 4.64. The highest BCUT2D eigenvalue weighted by Crippen LogP contribution is 2.21. The van der Waals surface area contributed by atoms with Gasteiger partial charge in [0.2, 0.25) is 0 Å². The topological polar surface area (TPSA) is 123 Å². The first-order valence-corrected chi connectivity index (χ1v) is 11.6. The number of carbonyl (C=O) groups excluding carboxylic acids is 1. The molecule has 0 saturated heterocycles. The summed E-state index contributed by atoms with van der Waals surface area (Å²) in [7, 11) is -4.08. The number of sulfonamides is 1. The molecule has 4 N–H and O–H groups in total. The standard InChI is InChI=1S/C22H15FN4O4S2/c1-2-16-7-8-20(32-16)33(30,31)26-22(29)25-14-3-5-15(6-4-14)27-10-9-13-11-19(24)18(23)12-17(13)21(27)28/h1,3-12H,24H2,(H2,25,26,29). The zero-order valence-electron chi connectivity index (χ0n) is 16.7. The van der Waals surface area contributed by atoms with Crippen LogP contribution in [0.3, 0.4) is 0 Å². The molecule has 0 unspecified atom stereocenters. The number of hydrogen-bond acceptors (Lipinski definition) is 6. The lowest BCUT2D eigenvalue weighted by molar-refractivity contribution is 0.256. The molecule has 2 aromatic carbocycles. The van der Waals surface area contributed by atoms with Crippen LogP contribution < -0.4 is 21.3 Å². The molecule has 8 nitrogen and oxygen atoms in total. The predicted octanol–water partition coefficient (Wildman–Crippen LogP) is 3.27. The average molecular weight is 483 g/mol. The number of fused-ring (bicyclic) bond motifs is 1. The zero-order chi connectivity index (χ0) is 23.8. The second-order valence-electron chi connectivity index (χ2n) is 6.82. The van der Waals surface area contributed by atoms with Crippen molar-refractivity contribution in [2.75, 3.05) is 11.1 Å². The van der Waals surface area contributed by atoms with E-state index in [0.29, 0.717) is 16.0 Å². The number of benzene rings is 2. The first kappa shape index (κ1) is 22.1. The number of rotatable bonds is 4. The summed E-state index contributed by atoms with van der Waals surface area (Å²) in [5.41, 5.74) is 5.80. The van der Waals surface area contributed by atoms with Crippen LogP contribution in [0.5, 0.6) is 0 Å². The van der Waals surface area contributed by atoms with Crippen molar-refractivity contribution in [3.05, 3.63) is 81.8 Å². The van der Waals surface area contributed by atoms with E-state index in [1.807, 2.05) is 4.72 Å². The van der Waals surface area contributed by atoms with Gasteiger partial charge in [-0.15, -0.1) is 17.8 Å². The van der Waals surface area contributed by atoms with E-state index in [-0.39, 0.29) is 21.0 Å². The molecule has 33 heavy (non-hydrogen) atoms. The maximum atomic E-state index is 13.8. The van der Waals surface area contributed by atoms with Gasteiger partial charge in [-0.2, -0.15) is 0 Å². The Morgan fingerprint density at radius 1 is 1.12 bits per heavy atom. The quantitative estimate of drug-likeness (QED) is 0.304. The molecule has 11 heteroatoms. The predicted molar refractivity (Wildman–Crippen MR) is 126 cm³/mol. The van der Waals surface area contributed by atoms with E-state index in [4.69, 9.17) is 12.2 Å². The number of thiophene rings is 1. The number of terminal acetylenes is 1. The molecule has 0 radical (unpaired) electrons. The first-order chi connectivity index (χ1) is 15.7. The van der Waals surface area contributed by atoms with Crippen molar-refractivity contribution in [3.63, 3.8) is 0 Å². The van der Waals surface area contributed by atoms with Gasteiger partial charge in [0.25, 0.3) is 15.6 Å². The molecule has 0 bridgehead atoms. The van der Waals surface area contributed by atoms with Crippen molar-refractivity contribution in [3.8, 4) is 18.0 Å². The summed E-state index contributed by atoms with van der Waals surface area (Å²) in [6, 6.07) is 12.0. The van der Waals surface area contributed by atoms with E-state index in [0.717, 1.165) is 17.4 Å². The van der Waals surface area contributed by atoms with Gasteiger partial charge in [0.1, 0.15) is 10.0 Å². The first-order valence-electron chi connectivity index (χ1n) is 9.29. The molecule has 0 aliphatic carbocycles. The fourth-order valence-electron chi connectivity index (χ4n) is 3.06. The van der Waals surface area contributed by atoms with Gasteiger partial charge in [0, 0.05) is 17.6 Å². The number of halogens is 1. The highest BCUT2D eigenvalue weighted by Gasteiger charge is 2.20. The maximum absolute atomic E-state index is 13.8. The number of nitrogens with two attached hydrogens (primary N) is 1. The Bertz CT molecular complexity index is 1600. The fraction of sp³-hybridized carbons (Fsp3) is 0. The Morgan fingerprint density at radius 2 is 1.85 bits per heavy atom. The molecule has 0 aliphatic rings. The Kier molecular flexibility index (Phi) is 5.63. The average Bonchev–Trinajstić information content (AvgIpc) is 3.26. The third-order valence-corrected chi connectivity index (χ3v) is 7.48. The lowest BCUT2D eigenvalue weighted by atomic mass is 10.1. The number of aromatic nitrogens is 1. The van der Waals surface area contributed by atoms with Crippen LogP contribution >= 0.6 is 11.3 Å². The van der Waals surface area contributed by atoms with Crippen LogP contribution in [0, 0.1) is 18.2 Å². The van der Waals surface area contributed by atoms with Crippen LogP contribution in [0.15, 0.2) is 69.8 Å². The minimum Gasteiger partial charge on any atom is -0.396 e. The van der Waals surface area contributed by atoms with Crippen LogP contribution in [0.2, 0.25) is 0 Å². The molecule has 0 saturated carbocycles. The third kappa shape index (κ3) is 4.43. The van der Waals surface area contributed by atoms with E-state index < -0.39 is 27.4 Å². The lowest BCUT2D eigenvalue weighted by Gasteiger charge is -2.10. The second-order valence-corrected chi connectivity index (χ2v) is 9.81. The summed E-state index contributed by atoms with van der Waals surface area (Å²) in [5, 5.41) is 3.08. The van der Waals surface area contributed by atoms with Crippen molar-refractivity contribution in [1.29, 1.82) is 0 Å². The summed E-state index contributed by atoms with van der Waals surface area (Å²) in [4.78, 5) is 25.3. The Morgan fingerprint density at radius 3 is 2.52 bits per heavy atom. The molecule has 2 aromatic heterocycles. The van der Waals surface area contributed by atoms with Gasteiger partial charge in [0.05, 0.1) is 16.0 Å². The molecule has 4 rings (SSSR count). The number of pyridine rings is 1. The lowest BCUT2D eigenvalue weighted by Crippen LogP contribution is -2.33. The van der Waals surface area contributed by atoms with Crippen molar-refractivity contribution in [2.24, 2.45) is 0 Å². The molecular formula is C22H15FN4O4S2. The molecule has 0 fully saturated rings.